The van der Waals surface area contributed by atoms with Gasteiger partial charge in [-0.05, 0) is 48.5 Å². The molecular weight excluding hydrogens is 390 g/mol. The first-order chi connectivity index (χ1) is 14.1. The SMILES string of the molecule is COc1ccc(-c2ccc3nc(N)nc(Nc4cccc(Cl)c4)c3n2)cc1OC. The molecule has 7 nitrogen and oxygen atoms in total. The van der Waals surface area contributed by atoms with Crippen molar-refractivity contribution in [2.75, 3.05) is 25.3 Å². The summed E-state index contributed by atoms with van der Waals surface area (Å²) in [7, 11) is 3.19. The van der Waals surface area contributed by atoms with Gasteiger partial charge < -0.3 is 20.5 Å². The van der Waals surface area contributed by atoms with E-state index in [0.29, 0.717) is 33.4 Å². The molecule has 0 saturated carbocycles. The number of methoxy groups -OCH3 is 2. The Hall–Kier alpha value is -3.58. The van der Waals surface area contributed by atoms with E-state index in [-0.39, 0.29) is 5.95 Å². The number of halogens is 1. The van der Waals surface area contributed by atoms with E-state index in [1.165, 1.54) is 0 Å². The molecule has 0 saturated heterocycles. The van der Waals surface area contributed by atoms with Gasteiger partial charge in [-0.1, -0.05) is 17.7 Å². The fourth-order valence-corrected chi connectivity index (χ4v) is 3.17. The van der Waals surface area contributed by atoms with Crippen molar-refractivity contribution in [2.45, 2.75) is 0 Å². The standard InChI is InChI=1S/C21H18ClN5O2/c1-28-17-9-6-12(10-18(17)29-2)15-7-8-16-19(25-15)20(27-21(23)26-16)24-14-5-3-4-13(22)11-14/h3-11H,1-2H3,(H3,23,24,26,27). The molecule has 0 aliphatic heterocycles. The van der Waals surface area contributed by atoms with Gasteiger partial charge in [0.2, 0.25) is 5.95 Å². The number of nitrogen functional groups attached to an aromatic ring is 1. The Kier molecular flexibility index (Phi) is 5.05. The highest BCUT2D eigenvalue weighted by Crippen LogP contribution is 2.33. The van der Waals surface area contributed by atoms with Crippen LogP contribution in [-0.2, 0) is 0 Å². The van der Waals surface area contributed by atoms with E-state index < -0.39 is 0 Å². The van der Waals surface area contributed by atoms with Gasteiger partial charge in [0.1, 0.15) is 5.52 Å². The quantitative estimate of drug-likeness (QED) is 0.495. The molecule has 0 bridgehead atoms. The van der Waals surface area contributed by atoms with Crippen LogP contribution in [0.15, 0.2) is 54.6 Å². The van der Waals surface area contributed by atoms with Gasteiger partial charge in [0.25, 0.3) is 0 Å². The zero-order chi connectivity index (χ0) is 20.4. The van der Waals surface area contributed by atoms with Gasteiger partial charge in [-0.3, -0.25) is 0 Å². The molecule has 2 aromatic carbocycles. The number of hydrogen-bond acceptors (Lipinski definition) is 7. The lowest BCUT2D eigenvalue weighted by Gasteiger charge is -2.12. The molecule has 0 aliphatic rings. The summed E-state index contributed by atoms with van der Waals surface area (Å²) < 4.78 is 10.7. The van der Waals surface area contributed by atoms with E-state index in [1.807, 2.05) is 42.5 Å². The van der Waals surface area contributed by atoms with Crippen molar-refractivity contribution in [1.82, 2.24) is 15.0 Å². The number of anilines is 3. The van der Waals surface area contributed by atoms with Crippen LogP contribution in [0.3, 0.4) is 0 Å². The Morgan fingerprint density at radius 2 is 1.72 bits per heavy atom. The average molecular weight is 408 g/mol. The fourth-order valence-electron chi connectivity index (χ4n) is 2.98. The third-order valence-corrected chi connectivity index (χ3v) is 4.56. The molecule has 0 amide bonds. The molecule has 2 heterocycles. The first-order valence-corrected chi connectivity index (χ1v) is 9.14. The first-order valence-electron chi connectivity index (χ1n) is 8.76. The monoisotopic (exact) mass is 407 g/mol. The van der Waals surface area contributed by atoms with Crippen LogP contribution < -0.4 is 20.5 Å². The number of benzene rings is 2. The van der Waals surface area contributed by atoms with Gasteiger partial charge in [0.15, 0.2) is 17.3 Å². The van der Waals surface area contributed by atoms with Crippen molar-refractivity contribution in [1.29, 1.82) is 0 Å². The normalized spacial score (nSPS) is 10.7. The Bertz CT molecular complexity index is 1200. The third-order valence-electron chi connectivity index (χ3n) is 4.33. The number of fused-ring (bicyclic) bond motifs is 1. The zero-order valence-corrected chi connectivity index (χ0v) is 16.6. The number of nitrogens with zero attached hydrogens (tertiary/aromatic N) is 3. The van der Waals surface area contributed by atoms with Crippen LogP contribution in [0, 0.1) is 0 Å². The number of ether oxygens (including phenoxy) is 2. The van der Waals surface area contributed by atoms with Crippen molar-refractivity contribution < 1.29 is 9.47 Å². The molecular formula is C21H18ClN5O2. The molecule has 2 aromatic heterocycles. The molecule has 4 rings (SSSR count). The number of hydrogen-bond donors (Lipinski definition) is 2. The van der Waals surface area contributed by atoms with Crippen LogP contribution in [0.5, 0.6) is 11.5 Å². The fraction of sp³-hybridized carbons (Fsp3) is 0.0952. The lowest BCUT2D eigenvalue weighted by atomic mass is 10.1. The number of nitrogens with two attached hydrogens (primary N) is 1. The second-order valence-corrected chi connectivity index (χ2v) is 6.64. The summed E-state index contributed by atoms with van der Waals surface area (Å²) in [5, 5.41) is 3.84. The summed E-state index contributed by atoms with van der Waals surface area (Å²) in [6.45, 7) is 0. The number of pyridine rings is 1. The first kappa shape index (κ1) is 18.8. The largest absolute Gasteiger partial charge is 0.493 e. The highest BCUT2D eigenvalue weighted by molar-refractivity contribution is 6.30. The van der Waals surface area contributed by atoms with Crippen molar-refractivity contribution in [3.05, 3.63) is 59.6 Å². The van der Waals surface area contributed by atoms with Gasteiger partial charge >= 0.3 is 0 Å². The number of nitrogens with one attached hydrogen (secondary N) is 1. The minimum Gasteiger partial charge on any atom is -0.493 e. The lowest BCUT2D eigenvalue weighted by molar-refractivity contribution is 0.355. The van der Waals surface area contributed by atoms with Crippen LogP contribution in [0.25, 0.3) is 22.3 Å². The molecule has 146 valence electrons. The van der Waals surface area contributed by atoms with Gasteiger partial charge in [-0.25, -0.2) is 9.97 Å². The third kappa shape index (κ3) is 3.86. The minimum absolute atomic E-state index is 0.155. The van der Waals surface area contributed by atoms with Crippen LogP contribution in [0.4, 0.5) is 17.5 Å². The Balaban J connectivity index is 1.81. The molecule has 3 N–H and O–H groups in total. The predicted octanol–water partition coefficient (Wildman–Crippen LogP) is 4.69. The Morgan fingerprint density at radius 3 is 2.48 bits per heavy atom. The molecule has 4 aromatic rings. The van der Waals surface area contributed by atoms with Gasteiger partial charge in [-0.15, -0.1) is 0 Å². The number of aromatic nitrogens is 3. The summed E-state index contributed by atoms with van der Waals surface area (Å²) in [4.78, 5) is 13.4. The van der Waals surface area contributed by atoms with E-state index in [2.05, 4.69) is 15.3 Å². The summed E-state index contributed by atoms with van der Waals surface area (Å²) in [5.74, 6) is 1.92. The van der Waals surface area contributed by atoms with Crippen molar-refractivity contribution in [2.24, 2.45) is 0 Å². The van der Waals surface area contributed by atoms with Crippen LogP contribution in [-0.4, -0.2) is 29.2 Å². The average Bonchev–Trinajstić information content (AvgIpc) is 2.73. The van der Waals surface area contributed by atoms with Crippen LogP contribution >= 0.6 is 11.6 Å². The molecule has 0 fully saturated rings. The van der Waals surface area contributed by atoms with Crippen molar-refractivity contribution >= 4 is 40.1 Å². The van der Waals surface area contributed by atoms with Crippen molar-refractivity contribution in [3.8, 4) is 22.8 Å². The lowest BCUT2D eigenvalue weighted by Crippen LogP contribution is -2.03. The smallest absolute Gasteiger partial charge is 0.222 e. The minimum atomic E-state index is 0.155. The number of rotatable bonds is 5. The van der Waals surface area contributed by atoms with Gasteiger partial charge in [-0.2, -0.15) is 4.98 Å². The highest BCUT2D eigenvalue weighted by atomic mass is 35.5. The molecule has 0 spiro atoms. The van der Waals surface area contributed by atoms with Crippen LogP contribution in [0.1, 0.15) is 0 Å². The molecule has 0 atom stereocenters. The summed E-state index contributed by atoms with van der Waals surface area (Å²) in [6, 6.07) is 16.7. The Labute approximate surface area is 172 Å². The zero-order valence-electron chi connectivity index (χ0n) is 15.8. The highest BCUT2D eigenvalue weighted by Gasteiger charge is 2.12. The van der Waals surface area contributed by atoms with E-state index in [1.54, 1.807) is 26.4 Å². The molecule has 0 aliphatic carbocycles. The van der Waals surface area contributed by atoms with E-state index >= 15 is 0 Å². The van der Waals surface area contributed by atoms with E-state index in [9.17, 15) is 0 Å². The second kappa shape index (κ2) is 7.81. The molecule has 0 unspecified atom stereocenters. The summed E-state index contributed by atoms with van der Waals surface area (Å²) >= 11 is 6.08. The molecule has 29 heavy (non-hydrogen) atoms. The van der Waals surface area contributed by atoms with Gasteiger partial charge in [0.05, 0.1) is 25.4 Å². The maximum Gasteiger partial charge on any atom is 0.222 e. The summed E-state index contributed by atoms with van der Waals surface area (Å²) in [6.07, 6.45) is 0. The second-order valence-electron chi connectivity index (χ2n) is 6.20. The van der Waals surface area contributed by atoms with Crippen LogP contribution in [0.2, 0.25) is 5.02 Å². The Morgan fingerprint density at radius 1 is 0.897 bits per heavy atom. The molecule has 8 heteroatoms. The summed E-state index contributed by atoms with van der Waals surface area (Å²) in [5.41, 5.74) is 9.48. The van der Waals surface area contributed by atoms with E-state index in [0.717, 1.165) is 16.9 Å². The molecule has 0 radical (unpaired) electrons. The maximum atomic E-state index is 6.08. The van der Waals surface area contributed by atoms with Crippen molar-refractivity contribution in [3.63, 3.8) is 0 Å². The van der Waals surface area contributed by atoms with Gasteiger partial charge in [0, 0.05) is 16.3 Å². The maximum absolute atomic E-state index is 6.08. The van der Waals surface area contributed by atoms with E-state index in [4.69, 9.17) is 31.8 Å². The topological polar surface area (TPSA) is 95.2 Å². The predicted molar refractivity (Wildman–Crippen MR) is 115 cm³/mol.